The summed E-state index contributed by atoms with van der Waals surface area (Å²) in [6.07, 6.45) is 1.54. The first kappa shape index (κ1) is 14.8. The van der Waals surface area contributed by atoms with Crippen LogP contribution in [0.4, 0.5) is 5.69 Å². The van der Waals surface area contributed by atoms with Gasteiger partial charge in [-0.1, -0.05) is 17.3 Å². The van der Waals surface area contributed by atoms with Crippen LogP contribution in [0.2, 0.25) is 0 Å². The zero-order valence-electron chi connectivity index (χ0n) is 10.8. The fourth-order valence-electron chi connectivity index (χ4n) is 1.65. The lowest BCUT2D eigenvalue weighted by molar-refractivity contribution is -0.387. The summed E-state index contributed by atoms with van der Waals surface area (Å²) in [5, 5.41) is 22.5. The quantitative estimate of drug-likeness (QED) is 0.219. The molecule has 0 aliphatic heterocycles. The van der Waals surface area contributed by atoms with Crippen LogP contribution in [0.25, 0.3) is 0 Å². The van der Waals surface area contributed by atoms with Crippen molar-refractivity contribution in [2.45, 2.75) is 10.6 Å². The Morgan fingerprint density at radius 1 is 1.43 bits per heavy atom. The molecule has 1 aromatic heterocycles. The van der Waals surface area contributed by atoms with Crippen LogP contribution in [0.15, 0.2) is 52.6 Å². The number of rotatable bonds is 5. The maximum Gasteiger partial charge on any atom is 0.282 e. The monoisotopic (exact) mass is 304 g/mol. The Kier molecular flexibility index (Phi) is 4.72. The Morgan fingerprint density at radius 2 is 2.19 bits per heavy atom. The predicted molar refractivity (Wildman–Crippen MR) is 79.4 cm³/mol. The lowest BCUT2D eigenvalue weighted by Gasteiger charge is -2.04. The molecule has 0 fully saturated rings. The molecule has 2 aromatic rings. The minimum atomic E-state index is -0.406. The highest BCUT2D eigenvalue weighted by atomic mass is 32.2. The first-order valence-electron chi connectivity index (χ1n) is 5.91. The number of nitro groups is 1. The molecule has 0 aliphatic carbocycles. The largest absolute Gasteiger partial charge is 0.409 e. The summed E-state index contributed by atoms with van der Waals surface area (Å²) in [4.78, 5) is 15.1. The summed E-state index contributed by atoms with van der Waals surface area (Å²) in [6.45, 7) is 0. The van der Waals surface area contributed by atoms with E-state index >= 15 is 0 Å². The summed E-state index contributed by atoms with van der Waals surface area (Å²) in [5.41, 5.74) is 6.78. The number of oxime groups is 1. The van der Waals surface area contributed by atoms with E-state index in [0.29, 0.717) is 16.3 Å². The molecule has 0 spiro atoms. The van der Waals surface area contributed by atoms with Gasteiger partial charge in [0.05, 0.1) is 9.82 Å². The fraction of sp³-hybridized carbons (Fsp3) is 0.0769. The normalized spacial score (nSPS) is 11.3. The maximum absolute atomic E-state index is 10.9. The standard InChI is InChI=1S/C13H12N4O3S/c14-13(16-18)10-7-9(5-6-15-10)8-21-12-4-2-1-3-11(12)17(19)20/h1-7,18H,8H2,(H2,14,16). The minimum absolute atomic E-state index is 0.0764. The van der Waals surface area contributed by atoms with Gasteiger partial charge in [-0.3, -0.25) is 15.1 Å². The highest BCUT2D eigenvalue weighted by Crippen LogP contribution is 2.31. The third-order valence-electron chi connectivity index (χ3n) is 2.65. The second-order valence-electron chi connectivity index (χ2n) is 4.05. The number of nitro benzene ring substituents is 1. The van der Waals surface area contributed by atoms with Gasteiger partial charge in [0.2, 0.25) is 0 Å². The van der Waals surface area contributed by atoms with Crippen molar-refractivity contribution in [1.29, 1.82) is 0 Å². The summed E-state index contributed by atoms with van der Waals surface area (Å²) >= 11 is 1.34. The van der Waals surface area contributed by atoms with Crippen LogP contribution in [0.3, 0.4) is 0 Å². The molecule has 2 rings (SSSR count). The molecular formula is C13H12N4O3S. The van der Waals surface area contributed by atoms with Crippen molar-refractivity contribution in [3.8, 4) is 0 Å². The van der Waals surface area contributed by atoms with Gasteiger partial charge in [-0.05, 0) is 23.8 Å². The summed E-state index contributed by atoms with van der Waals surface area (Å²) in [7, 11) is 0. The van der Waals surface area contributed by atoms with Crippen LogP contribution in [0.5, 0.6) is 0 Å². The zero-order valence-corrected chi connectivity index (χ0v) is 11.7. The molecule has 0 saturated heterocycles. The van der Waals surface area contributed by atoms with E-state index in [2.05, 4.69) is 10.1 Å². The molecule has 0 bridgehead atoms. The average molecular weight is 304 g/mol. The van der Waals surface area contributed by atoms with Gasteiger partial charge in [-0.25, -0.2) is 0 Å². The van der Waals surface area contributed by atoms with E-state index in [-0.39, 0.29) is 11.5 Å². The highest BCUT2D eigenvalue weighted by molar-refractivity contribution is 7.98. The van der Waals surface area contributed by atoms with E-state index in [4.69, 9.17) is 10.9 Å². The molecule has 0 amide bonds. The number of thioether (sulfide) groups is 1. The zero-order chi connectivity index (χ0) is 15.2. The number of nitrogens with zero attached hydrogens (tertiary/aromatic N) is 3. The van der Waals surface area contributed by atoms with Crippen molar-refractivity contribution in [3.05, 3.63) is 64.0 Å². The van der Waals surface area contributed by atoms with Gasteiger partial charge >= 0.3 is 0 Å². The van der Waals surface area contributed by atoms with Gasteiger partial charge in [0, 0.05) is 18.0 Å². The molecule has 0 saturated carbocycles. The Bertz CT molecular complexity index is 691. The third kappa shape index (κ3) is 3.69. The number of hydrogen-bond donors (Lipinski definition) is 2. The van der Waals surface area contributed by atoms with Gasteiger partial charge < -0.3 is 10.9 Å². The lowest BCUT2D eigenvalue weighted by atomic mass is 10.2. The molecular weight excluding hydrogens is 292 g/mol. The Labute approximate surface area is 124 Å². The Morgan fingerprint density at radius 3 is 2.90 bits per heavy atom. The summed E-state index contributed by atoms with van der Waals surface area (Å²) in [6, 6.07) is 10.0. The van der Waals surface area contributed by atoms with E-state index in [1.165, 1.54) is 17.8 Å². The van der Waals surface area contributed by atoms with Crippen molar-refractivity contribution < 1.29 is 10.1 Å². The minimum Gasteiger partial charge on any atom is -0.409 e. The lowest BCUT2D eigenvalue weighted by Crippen LogP contribution is -2.15. The fourth-order valence-corrected chi connectivity index (χ4v) is 2.61. The van der Waals surface area contributed by atoms with Crippen molar-refractivity contribution in [2.75, 3.05) is 0 Å². The number of para-hydroxylation sites is 1. The van der Waals surface area contributed by atoms with Gasteiger partial charge in [-0.2, -0.15) is 0 Å². The summed E-state index contributed by atoms with van der Waals surface area (Å²) < 4.78 is 0. The maximum atomic E-state index is 10.9. The number of hydrogen-bond acceptors (Lipinski definition) is 6. The molecule has 8 heteroatoms. The van der Waals surface area contributed by atoms with Crippen LogP contribution in [-0.4, -0.2) is 21.0 Å². The Balaban J connectivity index is 2.16. The van der Waals surface area contributed by atoms with Gasteiger partial charge in [0.15, 0.2) is 5.84 Å². The average Bonchev–Trinajstić information content (AvgIpc) is 2.52. The first-order chi connectivity index (χ1) is 10.1. The summed E-state index contributed by atoms with van der Waals surface area (Å²) in [5.74, 6) is 0.437. The molecule has 108 valence electrons. The first-order valence-corrected chi connectivity index (χ1v) is 6.89. The van der Waals surface area contributed by atoms with Crippen molar-refractivity contribution in [3.63, 3.8) is 0 Å². The Hall–Kier alpha value is -2.61. The molecule has 7 nitrogen and oxygen atoms in total. The molecule has 0 atom stereocenters. The highest BCUT2D eigenvalue weighted by Gasteiger charge is 2.13. The van der Waals surface area contributed by atoms with Crippen LogP contribution >= 0.6 is 11.8 Å². The van der Waals surface area contributed by atoms with E-state index in [0.717, 1.165) is 5.56 Å². The van der Waals surface area contributed by atoms with Gasteiger partial charge in [0.25, 0.3) is 5.69 Å². The topological polar surface area (TPSA) is 115 Å². The van der Waals surface area contributed by atoms with E-state index in [9.17, 15) is 10.1 Å². The van der Waals surface area contributed by atoms with Crippen molar-refractivity contribution >= 4 is 23.3 Å². The molecule has 0 radical (unpaired) electrons. The van der Waals surface area contributed by atoms with E-state index < -0.39 is 4.92 Å². The molecule has 3 N–H and O–H groups in total. The third-order valence-corrected chi connectivity index (χ3v) is 3.78. The molecule has 21 heavy (non-hydrogen) atoms. The smallest absolute Gasteiger partial charge is 0.282 e. The number of amidine groups is 1. The van der Waals surface area contributed by atoms with Crippen LogP contribution in [-0.2, 0) is 5.75 Å². The number of aromatic nitrogens is 1. The van der Waals surface area contributed by atoms with E-state index in [1.807, 2.05) is 0 Å². The van der Waals surface area contributed by atoms with Gasteiger partial charge in [-0.15, -0.1) is 11.8 Å². The second-order valence-corrected chi connectivity index (χ2v) is 5.07. The van der Waals surface area contributed by atoms with Crippen molar-refractivity contribution in [1.82, 2.24) is 4.98 Å². The SMILES string of the molecule is NC(=NO)c1cc(CSc2ccccc2[N+](=O)[O-])ccn1. The van der Waals surface area contributed by atoms with Gasteiger partial charge in [0.1, 0.15) is 5.69 Å². The predicted octanol–water partition coefficient (Wildman–Crippen LogP) is 2.38. The number of nitrogens with two attached hydrogens (primary N) is 1. The van der Waals surface area contributed by atoms with Crippen molar-refractivity contribution in [2.24, 2.45) is 10.9 Å². The number of benzene rings is 1. The molecule has 0 aliphatic rings. The molecule has 0 unspecified atom stereocenters. The number of pyridine rings is 1. The second kappa shape index (κ2) is 6.71. The molecule has 1 heterocycles. The molecule has 1 aromatic carbocycles. The van der Waals surface area contributed by atoms with Crippen LogP contribution in [0, 0.1) is 10.1 Å². The van der Waals surface area contributed by atoms with E-state index in [1.54, 1.807) is 36.5 Å². The van der Waals surface area contributed by atoms with Crippen LogP contribution < -0.4 is 5.73 Å². The van der Waals surface area contributed by atoms with Crippen LogP contribution in [0.1, 0.15) is 11.3 Å².